The summed E-state index contributed by atoms with van der Waals surface area (Å²) < 4.78 is 12.1. The summed E-state index contributed by atoms with van der Waals surface area (Å²) in [5.74, 6) is 0.0429. The Morgan fingerprint density at radius 1 is 1.30 bits per heavy atom. The fraction of sp³-hybridized carbons (Fsp3) is 0.526. The van der Waals surface area contributed by atoms with Gasteiger partial charge in [0.05, 0.1) is 12.0 Å². The van der Waals surface area contributed by atoms with E-state index in [1.54, 1.807) is 17.0 Å². The molecule has 8 heteroatoms. The van der Waals surface area contributed by atoms with Crippen molar-refractivity contribution in [1.82, 2.24) is 4.90 Å². The molecule has 0 aromatic heterocycles. The van der Waals surface area contributed by atoms with Crippen LogP contribution in [-0.4, -0.2) is 45.3 Å². The molecule has 148 valence electrons. The van der Waals surface area contributed by atoms with Gasteiger partial charge in [0.2, 0.25) is 4.38 Å². The quantitative estimate of drug-likeness (QED) is 0.428. The zero-order valence-corrected chi connectivity index (χ0v) is 19.1. The molecule has 2 unspecified atom stereocenters. The zero-order chi connectivity index (χ0) is 20.2. The van der Waals surface area contributed by atoms with Crippen molar-refractivity contribution in [2.24, 2.45) is 5.92 Å². The molecule has 0 spiro atoms. The summed E-state index contributed by atoms with van der Waals surface area (Å²) in [6, 6.07) is 7.28. The van der Waals surface area contributed by atoms with E-state index in [-0.39, 0.29) is 17.1 Å². The van der Waals surface area contributed by atoms with E-state index in [0.29, 0.717) is 29.5 Å². The second-order valence-electron chi connectivity index (χ2n) is 7.22. The number of carbonyl (C=O) groups excluding carboxylic acids is 2. The maximum absolute atomic E-state index is 12.6. The van der Waals surface area contributed by atoms with Crippen molar-refractivity contribution in [1.29, 1.82) is 0 Å². The number of ketones is 1. The summed E-state index contributed by atoms with van der Waals surface area (Å²) in [5.41, 5.74) is 0.0791. The number of ether oxygens (including phenoxy) is 2. The Hall–Kier alpha value is -1.12. The number of likely N-dealkylation sites (tertiary alicyclic amines) is 1. The van der Waals surface area contributed by atoms with Crippen molar-refractivity contribution in [2.45, 2.75) is 45.1 Å². The Kier molecular flexibility index (Phi) is 7.71. The molecule has 2 rings (SSSR count). The van der Waals surface area contributed by atoms with Gasteiger partial charge in [-0.05, 0) is 52.0 Å². The van der Waals surface area contributed by atoms with Crippen molar-refractivity contribution in [3.8, 4) is 0 Å². The lowest BCUT2D eigenvalue weighted by molar-refractivity contribution is -0.00889. The van der Waals surface area contributed by atoms with Gasteiger partial charge < -0.3 is 9.47 Å². The molecule has 0 bridgehead atoms. The average molecular weight is 474 g/mol. The molecule has 1 amide bonds. The third kappa shape index (κ3) is 6.47. The van der Waals surface area contributed by atoms with Crippen LogP contribution in [0.4, 0.5) is 4.79 Å². The molecule has 1 aliphatic heterocycles. The lowest BCUT2D eigenvalue weighted by Crippen LogP contribution is -2.58. The highest BCUT2D eigenvalue weighted by Crippen LogP contribution is 2.38. The van der Waals surface area contributed by atoms with E-state index in [0.717, 1.165) is 4.47 Å². The molecule has 0 radical (unpaired) electrons. The highest BCUT2D eigenvalue weighted by Gasteiger charge is 2.45. The lowest BCUT2D eigenvalue weighted by Gasteiger charge is -2.47. The summed E-state index contributed by atoms with van der Waals surface area (Å²) in [7, 11) is 0. The Bertz CT molecular complexity index is 703. The maximum atomic E-state index is 12.6. The third-order valence-electron chi connectivity index (χ3n) is 3.86. The van der Waals surface area contributed by atoms with Crippen LogP contribution < -0.4 is 0 Å². The van der Waals surface area contributed by atoms with E-state index in [9.17, 15) is 9.59 Å². The number of Topliss-reactive ketones (excluding diaryl/α,β-unsaturated/α-hetero) is 1. The molecule has 1 saturated heterocycles. The van der Waals surface area contributed by atoms with Crippen molar-refractivity contribution >= 4 is 56.2 Å². The van der Waals surface area contributed by atoms with Crippen molar-refractivity contribution in [3.05, 3.63) is 34.3 Å². The number of rotatable bonds is 5. The van der Waals surface area contributed by atoms with Gasteiger partial charge in [-0.3, -0.25) is 9.69 Å². The van der Waals surface area contributed by atoms with Crippen molar-refractivity contribution < 1.29 is 19.1 Å². The SMILES string of the molecule is CCOC(=S)SC1C(CC(=O)c2ccc(Br)cc2)CN1C(=O)OC(C)(C)C. The molecule has 5 nitrogen and oxygen atoms in total. The molecule has 1 aromatic carbocycles. The van der Waals surface area contributed by atoms with Crippen molar-refractivity contribution in [3.63, 3.8) is 0 Å². The highest BCUT2D eigenvalue weighted by molar-refractivity contribution is 9.10. The van der Waals surface area contributed by atoms with E-state index in [1.807, 2.05) is 39.8 Å². The summed E-state index contributed by atoms with van der Waals surface area (Å²) in [5, 5.41) is -0.265. The molecule has 0 N–H and O–H groups in total. The van der Waals surface area contributed by atoms with Crippen LogP contribution in [0.3, 0.4) is 0 Å². The monoisotopic (exact) mass is 473 g/mol. The number of thiocarbonyl (C=S) groups is 1. The summed E-state index contributed by atoms with van der Waals surface area (Å²) in [4.78, 5) is 26.7. The molecule has 2 atom stereocenters. The minimum absolute atomic E-state index is 0.00271. The lowest BCUT2D eigenvalue weighted by atomic mass is 9.91. The third-order valence-corrected chi connectivity index (χ3v) is 5.99. The largest absolute Gasteiger partial charge is 0.479 e. The molecule has 1 aromatic rings. The predicted molar refractivity (Wildman–Crippen MR) is 115 cm³/mol. The first-order valence-electron chi connectivity index (χ1n) is 8.72. The van der Waals surface area contributed by atoms with Gasteiger partial charge in [0, 0.05) is 28.9 Å². The Morgan fingerprint density at radius 3 is 2.48 bits per heavy atom. The number of thioether (sulfide) groups is 1. The van der Waals surface area contributed by atoms with Gasteiger partial charge in [0.15, 0.2) is 5.78 Å². The van der Waals surface area contributed by atoms with Crippen LogP contribution in [0.15, 0.2) is 28.7 Å². The first kappa shape index (κ1) is 22.2. The number of halogens is 1. The van der Waals surface area contributed by atoms with E-state index in [1.165, 1.54) is 11.8 Å². The average Bonchev–Trinajstić information content (AvgIpc) is 2.55. The number of amides is 1. The molecular formula is C19H24BrNO4S2. The number of hydrogen-bond donors (Lipinski definition) is 0. The maximum Gasteiger partial charge on any atom is 0.411 e. The summed E-state index contributed by atoms with van der Waals surface area (Å²) in [6.45, 7) is 8.26. The number of carbonyl (C=O) groups is 2. The molecule has 0 aliphatic carbocycles. The normalized spacial score (nSPS) is 19.2. The summed E-state index contributed by atoms with van der Waals surface area (Å²) in [6.07, 6.45) is -0.0560. The Labute approximate surface area is 178 Å². The molecule has 1 heterocycles. The first-order valence-corrected chi connectivity index (χ1v) is 10.8. The molecular weight excluding hydrogens is 450 g/mol. The van der Waals surface area contributed by atoms with Crippen LogP contribution in [0.1, 0.15) is 44.5 Å². The molecule has 1 fully saturated rings. The molecule has 1 aliphatic rings. The van der Waals surface area contributed by atoms with Crippen LogP contribution in [0.25, 0.3) is 0 Å². The zero-order valence-electron chi connectivity index (χ0n) is 15.9. The van der Waals surface area contributed by atoms with Gasteiger partial charge in [-0.1, -0.05) is 39.8 Å². The molecule has 27 heavy (non-hydrogen) atoms. The highest BCUT2D eigenvalue weighted by atomic mass is 79.9. The fourth-order valence-electron chi connectivity index (χ4n) is 2.63. The predicted octanol–water partition coefficient (Wildman–Crippen LogP) is 5.27. The van der Waals surface area contributed by atoms with Crippen LogP contribution >= 0.6 is 39.9 Å². The minimum atomic E-state index is -0.578. The number of nitrogens with zero attached hydrogens (tertiary/aromatic N) is 1. The van der Waals surface area contributed by atoms with Gasteiger partial charge in [-0.15, -0.1) is 0 Å². The van der Waals surface area contributed by atoms with Gasteiger partial charge in [-0.2, -0.15) is 0 Å². The number of hydrogen-bond acceptors (Lipinski definition) is 6. The Balaban J connectivity index is 2.05. The van der Waals surface area contributed by atoms with Gasteiger partial charge in [0.1, 0.15) is 5.60 Å². The second kappa shape index (κ2) is 9.39. The number of benzene rings is 1. The summed E-state index contributed by atoms with van der Waals surface area (Å²) >= 11 is 9.89. The van der Waals surface area contributed by atoms with E-state index >= 15 is 0 Å². The van der Waals surface area contributed by atoms with Crippen LogP contribution in [0.5, 0.6) is 0 Å². The smallest absolute Gasteiger partial charge is 0.411 e. The fourth-order valence-corrected chi connectivity index (χ4v) is 4.36. The van der Waals surface area contributed by atoms with Gasteiger partial charge in [0.25, 0.3) is 0 Å². The minimum Gasteiger partial charge on any atom is -0.479 e. The van der Waals surface area contributed by atoms with Crippen LogP contribution in [-0.2, 0) is 9.47 Å². The second-order valence-corrected chi connectivity index (χ2v) is 9.85. The van der Waals surface area contributed by atoms with Crippen LogP contribution in [0.2, 0.25) is 0 Å². The van der Waals surface area contributed by atoms with E-state index in [4.69, 9.17) is 21.7 Å². The Morgan fingerprint density at radius 2 is 1.93 bits per heavy atom. The van der Waals surface area contributed by atoms with E-state index < -0.39 is 11.7 Å². The first-order chi connectivity index (χ1) is 12.6. The topological polar surface area (TPSA) is 55.8 Å². The van der Waals surface area contributed by atoms with Crippen molar-refractivity contribution in [2.75, 3.05) is 13.2 Å². The van der Waals surface area contributed by atoms with Gasteiger partial charge in [-0.25, -0.2) is 4.79 Å². The van der Waals surface area contributed by atoms with Crippen LogP contribution in [0, 0.1) is 5.92 Å². The molecule has 0 saturated carbocycles. The standard InChI is InChI=1S/C19H24BrNO4S2/c1-5-24-18(26)27-16-13(11-21(16)17(23)25-19(2,3)4)10-15(22)12-6-8-14(20)9-7-12/h6-9,13,16H,5,10-11H2,1-4H3. The van der Waals surface area contributed by atoms with Gasteiger partial charge >= 0.3 is 6.09 Å². The van der Waals surface area contributed by atoms with E-state index in [2.05, 4.69) is 15.9 Å².